The molecule has 2 aromatic heterocycles. The van der Waals surface area contributed by atoms with Crippen molar-refractivity contribution in [1.29, 1.82) is 0 Å². The minimum atomic E-state index is -0.107. The second-order valence-electron chi connectivity index (χ2n) is 4.12. The molecule has 0 atom stereocenters. The molecule has 0 aromatic carbocycles. The molecule has 0 bridgehead atoms. The highest BCUT2D eigenvalue weighted by atomic mass is 32.1. The van der Waals surface area contributed by atoms with Gasteiger partial charge in [-0.15, -0.1) is 11.3 Å². The van der Waals surface area contributed by atoms with E-state index in [2.05, 4.69) is 15.4 Å². The Labute approximate surface area is 110 Å². The van der Waals surface area contributed by atoms with E-state index in [1.54, 1.807) is 11.6 Å². The molecule has 0 spiro atoms. The third kappa shape index (κ3) is 2.59. The van der Waals surface area contributed by atoms with E-state index in [9.17, 15) is 4.79 Å². The number of aryl methyl sites for hydroxylation is 2. The van der Waals surface area contributed by atoms with E-state index < -0.39 is 0 Å². The van der Waals surface area contributed by atoms with Crippen LogP contribution in [0.1, 0.15) is 26.8 Å². The van der Waals surface area contributed by atoms with E-state index in [0.717, 1.165) is 17.8 Å². The number of rotatable bonds is 4. The van der Waals surface area contributed by atoms with Gasteiger partial charge < -0.3 is 5.32 Å². The fourth-order valence-corrected chi connectivity index (χ4v) is 2.44. The lowest BCUT2D eigenvalue weighted by molar-refractivity contribution is 0.0953. The molecule has 2 heterocycles. The molecule has 2 rings (SSSR count). The van der Waals surface area contributed by atoms with Gasteiger partial charge in [-0.2, -0.15) is 5.10 Å². The van der Waals surface area contributed by atoms with Gasteiger partial charge in [0.2, 0.25) is 0 Å². The topological polar surface area (TPSA) is 59.8 Å². The minimum Gasteiger partial charge on any atom is -0.350 e. The summed E-state index contributed by atoms with van der Waals surface area (Å²) in [4.78, 5) is 15.7. The minimum absolute atomic E-state index is 0.107. The zero-order chi connectivity index (χ0) is 13.1. The van der Waals surface area contributed by atoms with Gasteiger partial charge >= 0.3 is 0 Å². The van der Waals surface area contributed by atoms with Crippen LogP contribution in [0.25, 0.3) is 0 Å². The van der Waals surface area contributed by atoms with Crippen LogP contribution >= 0.6 is 11.3 Å². The Kier molecular flexibility index (Phi) is 3.76. The average molecular weight is 264 g/mol. The van der Waals surface area contributed by atoms with Crippen LogP contribution in [0, 0.1) is 13.8 Å². The van der Waals surface area contributed by atoms with Gasteiger partial charge in [0.05, 0.1) is 5.69 Å². The summed E-state index contributed by atoms with van der Waals surface area (Å²) in [6, 6.07) is 0. The number of hydrogen-bond acceptors (Lipinski definition) is 4. The summed E-state index contributed by atoms with van der Waals surface area (Å²) in [7, 11) is 1.93. The van der Waals surface area contributed by atoms with Crippen molar-refractivity contribution in [1.82, 2.24) is 20.1 Å². The van der Waals surface area contributed by atoms with Crippen LogP contribution in [0.5, 0.6) is 0 Å². The van der Waals surface area contributed by atoms with Crippen molar-refractivity contribution in [2.75, 3.05) is 6.54 Å². The van der Waals surface area contributed by atoms with Crippen molar-refractivity contribution in [2.24, 2.45) is 7.05 Å². The van der Waals surface area contributed by atoms with Gasteiger partial charge in [-0.3, -0.25) is 9.48 Å². The summed E-state index contributed by atoms with van der Waals surface area (Å²) in [5.41, 5.74) is 3.38. The molecule has 0 aliphatic rings. The SMILES string of the molecule is Cc1nn(C)c(C)c1CCNC(=O)c1nccs1. The fourth-order valence-electron chi connectivity index (χ4n) is 1.89. The maximum absolute atomic E-state index is 11.7. The monoisotopic (exact) mass is 264 g/mol. The van der Waals surface area contributed by atoms with Crippen LogP contribution in [0.2, 0.25) is 0 Å². The van der Waals surface area contributed by atoms with E-state index >= 15 is 0 Å². The first kappa shape index (κ1) is 12.8. The molecule has 1 amide bonds. The summed E-state index contributed by atoms with van der Waals surface area (Å²) in [5, 5.41) is 9.53. The van der Waals surface area contributed by atoms with Crippen LogP contribution in [-0.2, 0) is 13.5 Å². The van der Waals surface area contributed by atoms with Crippen LogP contribution in [0.4, 0.5) is 0 Å². The van der Waals surface area contributed by atoms with Gasteiger partial charge in [-0.1, -0.05) is 0 Å². The first-order chi connectivity index (χ1) is 8.59. The molecular formula is C12H16N4OS. The predicted octanol–water partition coefficient (Wildman–Crippen LogP) is 1.47. The van der Waals surface area contributed by atoms with Crippen molar-refractivity contribution in [3.05, 3.63) is 33.5 Å². The van der Waals surface area contributed by atoms with Crippen LogP contribution < -0.4 is 5.32 Å². The van der Waals surface area contributed by atoms with Crippen LogP contribution in [0.15, 0.2) is 11.6 Å². The second-order valence-corrected chi connectivity index (χ2v) is 5.01. The van der Waals surface area contributed by atoms with Crippen molar-refractivity contribution >= 4 is 17.2 Å². The summed E-state index contributed by atoms with van der Waals surface area (Å²) >= 11 is 1.35. The van der Waals surface area contributed by atoms with Gasteiger partial charge in [0.1, 0.15) is 0 Å². The average Bonchev–Trinajstić information content (AvgIpc) is 2.93. The zero-order valence-corrected chi connectivity index (χ0v) is 11.5. The number of amides is 1. The third-order valence-corrected chi connectivity index (χ3v) is 3.72. The van der Waals surface area contributed by atoms with Crippen molar-refractivity contribution in [3.63, 3.8) is 0 Å². The van der Waals surface area contributed by atoms with Gasteiger partial charge in [0.15, 0.2) is 5.01 Å². The molecule has 18 heavy (non-hydrogen) atoms. The Bertz CT molecular complexity index is 545. The molecule has 0 radical (unpaired) electrons. The van der Waals surface area contributed by atoms with Gasteiger partial charge in [0, 0.05) is 30.9 Å². The molecule has 2 aromatic rings. The number of aromatic nitrogens is 3. The lowest BCUT2D eigenvalue weighted by Gasteiger charge is -2.04. The molecule has 0 unspecified atom stereocenters. The maximum Gasteiger partial charge on any atom is 0.280 e. The summed E-state index contributed by atoms with van der Waals surface area (Å²) in [6.07, 6.45) is 2.43. The zero-order valence-electron chi connectivity index (χ0n) is 10.7. The van der Waals surface area contributed by atoms with Gasteiger partial charge in [-0.25, -0.2) is 4.98 Å². The smallest absolute Gasteiger partial charge is 0.280 e. The number of hydrogen-bond donors (Lipinski definition) is 1. The number of nitrogens with zero attached hydrogens (tertiary/aromatic N) is 3. The first-order valence-corrected chi connectivity index (χ1v) is 6.64. The van der Waals surface area contributed by atoms with E-state index in [1.807, 2.05) is 25.6 Å². The second kappa shape index (κ2) is 5.30. The normalized spacial score (nSPS) is 10.6. The quantitative estimate of drug-likeness (QED) is 0.909. The standard InChI is InChI=1S/C12H16N4OS/c1-8-10(9(2)16(3)15-8)4-5-13-11(17)12-14-6-7-18-12/h6-7H,4-5H2,1-3H3,(H,13,17). The third-order valence-electron chi connectivity index (χ3n) is 2.95. The number of carbonyl (C=O) groups excluding carboxylic acids is 1. The number of thiazole rings is 1. The number of nitrogens with one attached hydrogen (secondary N) is 1. The van der Waals surface area contributed by atoms with Gasteiger partial charge in [-0.05, 0) is 25.8 Å². The van der Waals surface area contributed by atoms with Crippen LogP contribution in [-0.4, -0.2) is 27.2 Å². The van der Waals surface area contributed by atoms with Crippen molar-refractivity contribution in [3.8, 4) is 0 Å². The Morgan fingerprint density at radius 1 is 1.50 bits per heavy atom. The van der Waals surface area contributed by atoms with E-state index in [-0.39, 0.29) is 5.91 Å². The molecule has 0 saturated heterocycles. The fraction of sp³-hybridized carbons (Fsp3) is 0.417. The predicted molar refractivity (Wildman–Crippen MR) is 70.8 cm³/mol. The van der Waals surface area contributed by atoms with E-state index in [0.29, 0.717) is 11.6 Å². The van der Waals surface area contributed by atoms with Crippen LogP contribution in [0.3, 0.4) is 0 Å². The lowest BCUT2D eigenvalue weighted by atomic mass is 10.1. The molecular weight excluding hydrogens is 248 g/mol. The Morgan fingerprint density at radius 3 is 2.83 bits per heavy atom. The Hall–Kier alpha value is -1.69. The number of carbonyl (C=O) groups is 1. The lowest BCUT2D eigenvalue weighted by Crippen LogP contribution is -2.25. The Balaban J connectivity index is 1.91. The van der Waals surface area contributed by atoms with Gasteiger partial charge in [0.25, 0.3) is 5.91 Å². The molecule has 0 saturated carbocycles. The maximum atomic E-state index is 11.7. The molecule has 0 aliphatic heterocycles. The largest absolute Gasteiger partial charge is 0.350 e. The summed E-state index contributed by atoms with van der Waals surface area (Å²) < 4.78 is 1.87. The highest BCUT2D eigenvalue weighted by Gasteiger charge is 2.11. The molecule has 0 aliphatic carbocycles. The molecule has 0 fully saturated rings. The summed E-state index contributed by atoms with van der Waals surface area (Å²) in [5.74, 6) is -0.107. The molecule has 6 heteroatoms. The summed E-state index contributed by atoms with van der Waals surface area (Å²) in [6.45, 7) is 4.63. The van der Waals surface area contributed by atoms with E-state index in [1.165, 1.54) is 16.9 Å². The van der Waals surface area contributed by atoms with Crippen molar-refractivity contribution < 1.29 is 4.79 Å². The van der Waals surface area contributed by atoms with Crippen molar-refractivity contribution in [2.45, 2.75) is 20.3 Å². The first-order valence-electron chi connectivity index (χ1n) is 5.76. The Morgan fingerprint density at radius 2 is 2.28 bits per heavy atom. The van der Waals surface area contributed by atoms with E-state index in [4.69, 9.17) is 0 Å². The highest BCUT2D eigenvalue weighted by molar-refractivity contribution is 7.11. The highest BCUT2D eigenvalue weighted by Crippen LogP contribution is 2.12. The molecule has 96 valence electrons. The molecule has 1 N–H and O–H groups in total. The molecule has 5 nitrogen and oxygen atoms in total.